The maximum Gasteiger partial charge on any atom is 0.223 e. The van der Waals surface area contributed by atoms with Gasteiger partial charge in [0.05, 0.1) is 11.9 Å². The lowest BCUT2D eigenvalue weighted by Gasteiger charge is -2.21. The second-order valence-electron chi connectivity index (χ2n) is 3.48. The van der Waals surface area contributed by atoms with Crippen LogP contribution < -0.4 is 5.32 Å². The predicted molar refractivity (Wildman–Crippen MR) is 68.4 cm³/mol. The van der Waals surface area contributed by atoms with Crippen LogP contribution in [0.4, 0.5) is 0 Å². The molecule has 0 saturated carbocycles. The number of nitrogens with zero attached hydrogens (tertiary/aromatic N) is 2. The predicted octanol–water partition coefficient (Wildman–Crippen LogP) is 1.56. The fraction of sp³-hybridized carbons (Fsp3) is 0.500. The Kier molecular flexibility index (Phi) is 7.12. The van der Waals surface area contributed by atoms with Crippen molar-refractivity contribution in [3.8, 4) is 0 Å². The Labute approximate surface area is 97.7 Å². The van der Waals surface area contributed by atoms with Gasteiger partial charge in [-0.05, 0) is 20.9 Å². The summed E-state index contributed by atoms with van der Waals surface area (Å²) in [6.07, 6.45) is 3.53. The van der Waals surface area contributed by atoms with Gasteiger partial charge in [-0.25, -0.2) is 0 Å². The van der Waals surface area contributed by atoms with Crippen molar-refractivity contribution in [2.75, 3.05) is 20.1 Å². The van der Waals surface area contributed by atoms with Crippen LogP contribution >= 0.6 is 0 Å². The Morgan fingerprint density at radius 2 is 2.12 bits per heavy atom. The van der Waals surface area contributed by atoms with Crippen molar-refractivity contribution in [3.05, 3.63) is 24.0 Å². The summed E-state index contributed by atoms with van der Waals surface area (Å²) in [5, 5.41) is 3.01. The van der Waals surface area contributed by atoms with Crippen LogP contribution in [-0.2, 0) is 4.79 Å². The molecule has 0 aromatic rings. The number of aliphatic imine (C=N–C) groups is 1. The van der Waals surface area contributed by atoms with Gasteiger partial charge in [0, 0.05) is 25.7 Å². The monoisotopic (exact) mass is 223 g/mol. The molecule has 0 aromatic carbocycles. The number of rotatable bonds is 6. The van der Waals surface area contributed by atoms with Gasteiger partial charge < -0.3 is 10.2 Å². The summed E-state index contributed by atoms with van der Waals surface area (Å²) in [7, 11) is 1.86. The molecule has 0 aromatic heterocycles. The van der Waals surface area contributed by atoms with E-state index in [1.54, 1.807) is 18.0 Å². The van der Waals surface area contributed by atoms with Crippen molar-refractivity contribution in [1.29, 1.82) is 0 Å². The first kappa shape index (κ1) is 14.6. The van der Waals surface area contributed by atoms with Crippen LogP contribution in [0.15, 0.2) is 29.0 Å². The minimum absolute atomic E-state index is 0.0107. The number of hydrogen-bond acceptors (Lipinski definition) is 3. The lowest BCUT2D eigenvalue weighted by Crippen LogP contribution is -2.34. The van der Waals surface area contributed by atoms with E-state index >= 15 is 0 Å². The average molecular weight is 223 g/mol. The summed E-state index contributed by atoms with van der Waals surface area (Å²) in [6, 6.07) is 0. The van der Waals surface area contributed by atoms with Gasteiger partial charge in [-0.15, -0.1) is 0 Å². The van der Waals surface area contributed by atoms with Crippen LogP contribution in [0.3, 0.4) is 0 Å². The molecule has 1 amide bonds. The van der Waals surface area contributed by atoms with E-state index < -0.39 is 0 Å². The van der Waals surface area contributed by atoms with Crippen molar-refractivity contribution < 1.29 is 4.79 Å². The molecule has 1 N–H and O–H groups in total. The molecule has 0 aliphatic heterocycles. The third-order valence-corrected chi connectivity index (χ3v) is 1.99. The zero-order valence-electron chi connectivity index (χ0n) is 10.6. The lowest BCUT2D eigenvalue weighted by atomic mass is 10.3. The van der Waals surface area contributed by atoms with E-state index in [1.807, 2.05) is 27.0 Å². The highest BCUT2D eigenvalue weighted by molar-refractivity contribution is 5.87. The number of nitrogens with one attached hydrogen (secondary N) is 1. The van der Waals surface area contributed by atoms with Gasteiger partial charge in [-0.1, -0.05) is 12.7 Å². The first-order chi connectivity index (χ1) is 7.52. The van der Waals surface area contributed by atoms with Gasteiger partial charge in [-0.3, -0.25) is 9.79 Å². The Bertz CT molecular complexity index is 305. The normalized spacial score (nSPS) is 11.9. The number of allylic oxidation sites excluding steroid dienone is 3. The largest absolute Gasteiger partial charge is 0.318 e. The minimum atomic E-state index is 0.0107. The Balaban J connectivity index is 4.73. The lowest BCUT2D eigenvalue weighted by molar-refractivity contribution is -0.126. The first-order valence-corrected chi connectivity index (χ1v) is 5.31. The third kappa shape index (κ3) is 5.46. The molecule has 0 saturated heterocycles. The maximum absolute atomic E-state index is 11.5. The molecule has 0 unspecified atom stereocenters. The van der Waals surface area contributed by atoms with Gasteiger partial charge in [0.25, 0.3) is 0 Å². The molecule has 0 fully saturated rings. The number of likely N-dealkylation sites (N-methyl/N-ethyl adjacent to an activating group) is 1. The first-order valence-electron chi connectivity index (χ1n) is 5.31. The van der Waals surface area contributed by atoms with Crippen molar-refractivity contribution in [3.63, 3.8) is 0 Å². The summed E-state index contributed by atoms with van der Waals surface area (Å²) in [5.41, 5.74) is 1.52. The molecule has 0 atom stereocenters. The number of amides is 1. The van der Waals surface area contributed by atoms with E-state index in [1.165, 1.54) is 0 Å². The molecule has 0 bridgehead atoms. The number of carbonyl (C=O) groups excluding carboxylic acids is 1. The second-order valence-corrected chi connectivity index (χ2v) is 3.48. The van der Waals surface area contributed by atoms with Gasteiger partial charge in [0.2, 0.25) is 5.91 Å². The van der Waals surface area contributed by atoms with Crippen molar-refractivity contribution in [2.24, 2.45) is 4.99 Å². The smallest absolute Gasteiger partial charge is 0.223 e. The summed E-state index contributed by atoms with van der Waals surface area (Å²) in [6.45, 7) is 10.3. The molecule has 0 rings (SSSR count). The molecule has 4 heteroatoms. The topological polar surface area (TPSA) is 44.7 Å². The number of carbonyl (C=O) groups is 1. The Hall–Kier alpha value is -1.42. The maximum atomic E-state index is 11.5. The Morgan fingerprint density at radius 3 is 2.50 bits per heavy atom. The zero-order chi connectivity index (χ0) is 12.6. The highest BCUT2D eigenvalue weighted by Crippen LogP contribution is 2.03. The van der Waals surface area contributed by atoms with Crippen LogP contribution in [0.5, 0.6) is 0 Å². The molecule has 0 aliphatic carbocycles. The van der Waals surface area contributed by atoms with Crippen LogP contribution in [0.1, 0.15) is 20.8 Å². The summed E-state index contributed by atoms with van der Waals surface area (Å²) >= 11 is 0. The summed E-state index contributed by atoms with van der Waals surface area (Å²) < 4.78 is 0. The van der Waals surface area contributed by atoms with Gasteiger partial charge >= 0.3 is 0 Å². The zero-order valence-corrected chi connectivity index (χ0v) is 10.6. The third-order valence-electron chi connectivity index (χ3n) is 1.99. The highest BCUT2D eigenvalue weighted by Gasteiger charge is 2.10. The standard InChI is InChI=1S/C12H21N3O/c1-6-12(9-14-10(2)3)15(11(4)16)8-7-13-5/h6,9,13H,2,7-8H2,1,3-5H3/b12-6+,14-9?. The van der Waals surface area contributed by atoms with E-state index in [0.717, 1.165) is 17.9 Å². The highest BCUT2D eigenvalue weighted by atomic mass is 16.2. The van der Waals surface area contributed by atoms with E-state index in [4.69, 9.17) is 0 Å². The molecule has 0 heterocycles. The van der Waals surface area contributed by atoms with E-state index in [2.05, 4.69) is 16.9 Å². The van der Waals surface area contributed by atoms with Crippen molar-refractivity contribution in [2.45, 2.75) is 20.8 Å². The molecule has 4 nitrogen and oxygen atoms in total. The van der Waals surface area contributed by atoms with E-state index in [0.29, 0.717) is 6.54 Å². The fourth-order valence-corrected chi connectivity index (χ4v) is 1.17. The minimum Gasteiger partial charge on any atom is -0.318 e. The van der Waals surface area contributed by atoms with Gasteiger partial charge in [0.15, 0.2) is 0 Å². The van der Waals surface area contributed by atoms with Crippen LogP contribution in [0, 0.1) is 0 Å². The van der Waals surface area contributed by atoms with E-state index in [-0.39, 0.29) is 5.91 Å². The molecule has 16 heavy (non-hydrogen) atoms. The molecule has 0 radical (unpaired) electrons. The van der Waals surface area contributed by atoms with Crippen LogP contribution in [0.25, 0.3) is 0 Å². The molecule has 90 valence electrons. The van der Waals surface area contributed by atoms with Crippen molar-refractivity contribution >= 4 is 12.1 Å². The Morgan fingerprint density at radius 1 is 1.50 bits per heavy atom. The molecular formula is C12H21N3O. The van der Waals surface area contributed by atoms with E-state index in [9.17, 15) is 4.79 Å². The van der Waals surface area contributed by atoms with Gasteiger partial charge in [-0.2, -0.15) is 0 Å². The van der Waals surface area contributed by atoms with Crippen LogP contribution in [0.2, 0.25) is 0 Å². The average Bonchev–Trinajstić information content (AvgIpc) is 2.22. The fourth-order valence-electron chi connectivity index (χ4n) is 1.17. The van der Waals surface area contributed by atoms with Gasteiger partial charge in [0.1, 0.15) is 0 Å². The quantitative estimate of drug-likeness (QED) is 0.695. The second kappa shape index (κ2) is 7.82. The SMILES string of the molecule is C=C(C)N=C/C(=C\C)N(CCNC)C(C)=O. The molecule has 0 aliphatic rings. The van der Waals surface area contributed by atoms with Crippen LogP contribution in [-0.4, -0.2) is 37.2 Å². The number of hydrogen-bond donors (Lipinski definition) is 1. The molecule has 0 spiro atoms. The summed E-state index contributed by atoms with van der Waals surface area (Å²) in [5.74, 6) is 0.0107. The molecular weight excluding hydrogens is 202 g/mol. The van der Waals surface area contributed by atoms with Crippen molar-refractivity contribution in [1.82, 2.24) is 10.2 Å². The summed E-state index contributed by atoms with van der Waals surface area (Å²) in [4.78, 5) is 17.3.